The minimum atomic E-state index is -0.915. The van der Waals surface area contributed by atoms with Crippen molar-refractivity contribution in [1.82, 2.24) is 0 Å². The maximum atomic E-state index is 10.7. The number of methoxy groups -OCH3 is 1. The fraction of sp³-hybridized carbons (Fsp3) is 0.417. The summed E-state index contributed by atoms with van der Waals surface area (Å²) in [6, 6.07) is 4.01. The molecule has 0 aliphatic carbocycles. The van der Waals surface area contributed by atoms with Gasteiger partial charge in [0.2, 0.25) is 0 Å². The largest absolute Gasteiger partial charge is 0.493 e. The molecule has 1 aromatic carbocycles. The Bertz CT molecular complexity index is 473. The van der Waals surface area contributed by atoms with Gasteiger partial charge in [-0.1, -0.05) is 0 Å². The van der Waals surface area contributed by atoms with Crippen molar-refractivity contribution in [2.24, 2.45) is 0 Å². The molecule has 0 spiro atoms. The van der Waals surface area contributed by atoms with E-state index in [4.69, 9.17) is 14.6 Å². The number of non-ortho nitro benzene ring substituents is 1. The molecule has 1 aromatic rings. The summed E-state index contributed by atoms with van der Waals surface area (Å²) in [6.07, 6.45) is -0.105. The van der Waals surface area contributed by atoms with E-state index in [-0.39, 0.29) is 24.0 Å². The van der Waals surface area contributed by atoms with Crippen molar-refractivity contribution < 1.29 is 24.3 Å². The quantitative estimate of drug-likeness (QED) is 0.602. The number of carboxylic acid groups (broad SMARTS) is 1. The maximum absolute atomic E-state index is 10.7. The highest BCUT2D eigenvalue weighted by molar-refractivity contribution is 5.66. The average Bonchev–Trinajstić information content (AvgIpc) is 2.36. The summed E-state index contributed by atoms with van der Waals surface area (Å²) in [6.45, 7) is 1.70. The predicted molar refractivity (Wildman–Crippen MR) is 66.6 cm³/mol. The molecule has 0 radical (unpaired) electrons. The molecule has 1 rings (SSSR count). The first kappa shape index (κ1) is 14.7. The lowest BCUT2D eigenvalue weighted by Crippen LogP contribution is -2.14. The minimum absolute atomic E-state index is 0.0294. The number of hydrogen-bond donors (Lipinski definition) is 1. The van der Waals surface area contributed by atoms with E-state index in [0.717, 1.165) is 0 Å². The molecule has 0 aromatic heterocycles. The number of benzene rings is 1. The second-order valence-electron chi connectivity index (χ2n) is 3.95. The highest BCUT2D eigenvalue weighted by atomic mass is 16.6. The van der Waals surface area contributed by atoms with E-state index in [1.807, 2.05) is 0 Å². The highest BCUT2D eigenvalue weighted by Gasteiger charge is 2.15. The maximum Gasteiger partial charge on any atom is 0.303 e. The number of rotatable bonds is 7. The monoisotopic (exact) mass is 269 g/mol. The number of nitro groups is 1. The minimum Gasteiger partial charge on any atom is -0.493 e. The van der Waals surface area contributed by atoms with Gasteiger partial charge >= 0.3 is 5.97 Å². The van der Waals surface area contributed by atoms with Crippen LogP contribution in [0.15, 0.2) is 18.2 Å². The van der Waals surface area contributed by atoms with Gasteiger partial charge in [0.15, 0.2) is 11.5 Å². The van der Waals surface area contributed by atoms with Gasteiger partial charge in [0, 0.05) is 12.5 Å². The summed E-state index contributed by atoms with van der Waals surface area (Å²) in [5.74, 6) is -0.316. The molecule has 1 unspecified atom stereocenters. The Morgan fingerprint density at radius 2 is 2.16 bits per heavy atom. The van der Waals surface area contributed by atoms with Crippen LogP contribution in [0.3, 0.4) is 0 Å². The van der Waals surface area contributed by atoms with E-state index in [1.54, 1.807) is 6.92 Å². The summed E-state index contributed by atoms with van der Waals surface area (Å²) >= 11 is 0. The zero-order chi connectivity index (χ0) is 14.4. The number of ether oxygens (including phenoxy) is 2. The van der Waals surface area contributed by atoms with Crippen LogP contribution in [0.1, 0.15) is 19.8 Å². The number of aliphatic carboxylic acids is 1. The van der Waals surface area contributed by atoms with Gasteiger partial charge in [0.1, 0.15) is 0 Å². The SMILES string of the molecule is COc1ccc([N+](=O)[O-])cc1OC(C)CCC(=O)O. The van der Waals surface area contributed by atoms with Crippen molar-refractivity contribution >= 4 is 11.7 Å². The van der Waals surface area contributed by atoms with Crippen LogP contribution in [-0.2, 0) is 4.79 Å². The molecule has 0 bridgehead atoms. The van der Waals surface area contributed by atoms with Gasteiger partial charge in [-0.3, -0.25) is 14.9 Å². The van der Waals surface area contributed by atoms with Crippen molar-refractivity contribution in [3.8, 4) is 11.5 Å². The van der Waals surface area contributed by atoms with Gasteiger partial charge in [0.05, 0.1) is 24.2 Å². The van der Waals surface area contributed by atoms with E-state index >= 15 is 0 Å². The Morgan fingerprint density at radius 3 is 2.68 bits per heavy atom. The topological polar surface area (TPSA) is 98.9 Å². The molecule has 0 heterocycles. The lowest BCUT2D eigenvalue weighted by Gasteiger charge is -2.15. The lowest BCUT2D eigenvalue weighted by atomic mass is 10.2. The molecular formula is C12H15NO6. The molecule has 1 atom stereocenters. The molecular weight excluding hydrogens is 254 g/mol. The second-order valence-corrected chi connectivity index (χ2v) is 3.95. The Morgan fingerprint density at radius 1 is 1.47 bits per heavy atom. The fourth-order valence-corrected chi connectivity index (χ4v) is 1.47. The molecule has 0 saturated carbocycles. The summed E-state index contributed by atoms with van der Waals surface area (Å²) in [4.78, 5) is 20.6. The molecule has 0 amide bonds. The van der Waals surface area contributed by atoms with Crippen molar-refractivity contribution in [3.63, 3.8) is 0 Å². The van der Waals surface area contributed by atoms with Crippen molar-refractivity contribution in [2.75, 3.05) is 7.11 Å². The van der Waals surface area contributed by atoms with Gasteiger partial charge in [-0.25, -0.2) is 0 Å². The summed E-state index contributed by atoms with van der Waals surface area (Å²) < 4.78 is 10.5. The van der Waals surface area contributed by atoms with Gasteiger partial charge in [-0.05, 0) is 19.4 Å². The van der Waals surface area contributed by atoms with E-state index in [2.05, 4.69) is 0 Å². The highest BCUT2D eigenvalue weighted by Crippen LogP contribution is 2.32. The van der Waals surface area contributed by atoms with Crippen LogP contribution in [0.2, 0.25) is 0 Å². The van der Waals surface area contributed by atoms with Gasteiger partial charge in [0.25, 0.3) is 5.69 Å². The number of nitro benzene ring substituents is 1. The average molecular weight is 269 g/mol. The zero-order valence-corrected chi connectivity index (χ0v) is 10.7. The Hall–Kier alpha value is -2.31. The first-order valence-electron chi connectivity index (χ1n) is 5.65. The lowest BCUT2D eigenvalue weighted by molar-refractivity contribution is -0.385. The van der Waals surface area contributed by atoms with Crippen LogP contribution in [0.5, 0.6) is 11.5 Å². The molecule has 0 aliphatic heterocycles. The molecule has 0 saturated heterocycles. The first-order valence-corrected chi connectivity index (χ1v) is 5.65. The Labute approximate surface area is 109 Å². The molecule has 19 heavy (non-hydrogen) atoms. The van der Waals surface area contributed by atoms with Crippen molar-refractivity contribution in [1.29, 1.82) is 0 Å². The molecule has 0 aliphatic rings. The van der Waals surface area contributed by atoms with Crippen LogP contribution >= 0.6 is 0 Å². The van der Waals surface area contributed by atoms with E-state index in [1.165, 1.54) is 25.3 Å². The molecule has 1 N–H and O–H groups in total. The third-order valence-electron chi connectivity index (χ3n) is 2.45. The second kappa shape index (κ2) is 6.58. The Kier molecular flexibility index (Phi) is 5.11. The third kappa shape index (κ3) is 4.46. The molecule has 104 valence electrons. The van der Waals surface area contributed by atoms with E-state index in [0.29, 0.717) is 12.2 Å². The Balaban J connectivity index is 2.82. The van der Waals surface area contributed by atoms with Crippen molar-refractivity contribution in [3.05, 3.63) is 28.3 Å². The van der Waals surface area contributed by atoms with E-state index in [9.17, 15) is 14.9 Å². The summed E-state index contributed by atoms with van der Waals surface area (Å²) in [7, 11) is 1.43. The van der Waals surface area contributed by atoms with Gasteiger partial charge in [-0.15, -0.1) is 0 Å². The standard InChI is InChI=1S/C12H15NO6/c1-8(3-6-12(14)15)19-11-7-9(13(16)17)4-5-10(11)18-2/h4-5,7-8H,3,6H2,1-2H3,(H,14,15). The van der Waals surface area contributed by atoms with E-state index < -0.39 is 10.9 Å². The summed E-state index contributed by atoms with van der Waals surface area (Å²) in [5, 5.41) is 19.3. The fourth-order valence-electron chi connectivity index (χ4n) is 1.47. The number of hydrogen-bond acceptors (Lipinski definition) is 5. The third-order valence-corrected chi connectivity index (χ3v) is 2.45. The van der Waals surface area contributed by atoms with Gasteiger partial charge < -0.3 is 14.6 Å². The van der Waals surface area contributed by atoms with Crippen molar-refractivity contribution in [2.45, 2.75) is 25.9 Å². The predicted octanol–water partition coefficient (Wildman–Crippen LogP) is 2.24. The van der Waals surface area contributed by atoms with Crippen LogP contribution in [0, 0.1) is 10.1 Å². The number of nitrogens with zero attached hydrogens (tertiary/aromatic N) is 1. The number of carboxylic acids is 1. The number of carbonyl (C=O) groups is 1. The van der Waals surface area contributed by atoms with Crippen LogP contribution in [-0.4, -0.2) is 29.2 Å². The summed E-state index contributed by atoms with van der Waals surface area (Å²) in [5.41, 5.74) is -0.110. The zero-order valence-electron chi connectivity index (χ0n) is 10.7. The van der Waals surface area contributed by atoms with Gasteiger partial charge in [-0.2, -0.15) is 0 Å². The van der Waals surface area contributed by atoms with Crippen LogP contribution in [0.4, 0.5) is 5.69 Å². The molecule has 7 heteroatoms. The molecule has 7 nitrogen and oxygen atoms in total. The first-order chi connectivity index (χ1) is 8.93. The smallest absolute Gasteiger partial charge is 0.303 e. The normalized spacial score (nSPS) is 11.7. The molecule has 0 fully saturated rings. The van der Waals surface area contributed by atoms with Crippen LogP contribution in [0.25, 0.3) is 0 Å². The van der Waals surface area contributed by atoms with Crippen LogP contribution < -0.4 is 9.47 Å².